The fourth-order valence-electron chi connectivity index (χ4n) is 2.19. The van der Waals surface area contributed by atoms with Crippen LogP contribution >= 0.6 is 27.5 Å². The molecule has 0 fully saturated rings. The number of hydrogen-bond donors (Lipinski definition) is 1. The lowest BCUT2D eigenvalue weighted by molar-refractivity contribution is 0.614. The van der Waals surface area contributed by atoms with E-state index >= 15 is 0 Å². The zero-order valence-electron chi connectivity index (χ0n) is 11.6. The van der Waals surface area contributed by atoms with E-state index in [9.17, 15) is 4.39 Å². The van der Waals surface area contributed by atoms with E-state index in [0.29, 0.717) is 10.6 Å². The highest BCUT2D eigenvalue weighted by molar-refractivity contribution is 9.10. The van der Waals surface area contributed by atoms with E-state index in [1.54, 1.807) is 13.0 Å². The van der Waals surface area contributed by atoms with Crippen LogP contribution in [0.5, 0.6) is 0 Å². The Kier molecular flexibility index (Phi) is 4.84. The summed E-state index contributed by atoms with van der Waals surface area (Å²) in [5.41, 5.74) is 3.72. The van der Waals surface area contributed by atoms with Crippen LogP contribution in [0.15, 0.2) is 34.8 Å². The van der Waals surface area contributed by atoms with Gasteiger partial charge < -0.3 is 5.32 Å². The summed E-state index contributed by atoms with van der Waals surface area (Å²) in [4.78, 5) is 0. The van der Waals surface area contributed by atoms with Crippen molar-refractivity contribution >= 4 is 27.5 Å². The van der Waals surface area contributed by atoms with Crippen molar-refractivity contribution in [1.82, 2.24) is 5.32 Å². The van der Waals surface area contributed by atoms with Gasteiger partial charge in [-0.2, -0.15) is 0 Å². The molecule has 0 spiro atoms. The number of aryl methyl sites for hydroxylation is 2. The summed E-state index contributed by atoms with van der Waals surface area (Å²) in [5, 5.41) is 3.68. The maximum Gasteiger partial charge on any atom is 0.127 e. The minimum atomic E-state index is -0.279. The first-order valence-corrected chi connectivity index (χ1v) is 7.50. The number of halogens is 3. The summed E-state index contributed by atoms with van der Waals surface area (Å²) in [7, 11) is 1.87. The Morgan fingerprint density at radius 3 is 2.45 bits per heavy atom. The van der Waals surface area contributed by atoms with E-state index in [1.807, 2.05) is 20.0 Å². The van der Waals surface area contributed by atoms with Crippen LogP contribution in [0.25, 0.3) is 0 Å². The summed E-state index contributed by atoms with van der Waals surface area (Å²) in [6.45, 7) is 3.78. The molecule has 2 aromatic rings. The molecule has 0 heterocycles. The van der Waals surface area contributed by atoms with E-state index < -0.39 is 0 Å². The van der Waals surface area contributed by atoms with Crippen molar-refractivity contribution in [3.63, 3.8) is 0 Å². The Morgan fingerprint density at radius 2 is 1.85 bits per heavy atom. The average molecular weight is 357 g/mol. The molecule has 0 aromatic heterocycles. The molecule has 1 atom stereocenters. The normalized spacial score (nSPS) is 12.5. The van der Waals surface area contributed by atoms with Gasteiger partial charge in [0.2, 0.25) is 0 Å². The third-order valence-corrected chi connectivity index (χ3v) is 4.59. The van der Waals surface area contributed by atoms with Crippen LogP contribution in [0.3, 0.4) is 0 Å². The molecule has 0 bridgehead atoms. The predicted octanol–water partition coefficient (Wildman–Crippen LogP) is 5.17. The maximum atomic E-state index is 13.5. The molecular weight excluding hydrogens is 341 g/mol. The van der Waals surface area contributed by atoms with E-state index in [0.717, 1.165) is 15.6 Å². The molecule has 1 N–H and O–H groups in total. The van der Waals surface area contributed by atoms with Gasteiger partial charge >= 0.3 is 0 Å². The molecule has 2 rings (SSSR count). The first-order valence-electron chi connectivity index (χ1n) is 6.33. The Bertz CT molecular complexity index is 643. The van der Waals surface area contributed by atoms with Crippen LogP contribution in [0.4, 0.5) is 4.39 Å². The lowest BCUT2D eigenvalue weighted by atomic mass is 9.96. The first-order chi connectivity index (χ1) is 9.43. The van der Waals surface area contributed by atoms with E-state index in [4.69, 9.17) is 11.6 Å². The van der Waals surface area contributed by atoms with Crippen LogP contribution in [-0.4, -0.2) is 7.05 Å². The molecule has 0 saturated heterocycles. The largest absolute Gasteiger partial charge is 0.309 e. The van der Waals surface area contributed by atoms with Crippen LogP contribution < -0.4 is 5.32 Å². The van der Waals surface area contributed by atoms with Crippen LogP contribution in [0, 0.1) is 19.7 Å². The molecule has 20 heavy (non-hydrogen) atoms. The van der Waals surface area contributed by atoms with Gasteiger partial charge in [-0.25, -0.2) is 4.39 Å². The molecule has 1 unspecified atom stereocenters. The van der Waals surface area contributed by atoms with Crippen LogP contribution in [-0.2, 0) is 0 Å². The number of benzene rings is 2. The maximum absolute atomic E-state index is 13.5. The summed E-state index contributed by atoms with van der Waals surface area (Å²) < 4.78 is 14.6. The second-order valence-electron chi connectivity index (χ2n) is 4.85. The quantitative estimate of drug-likeness (QED) is 0.800. The monoisotopic (exact) mass is 355 g/mol. The van der Waals surface area contributed by atoms with Gasteiger partial charge in [0.25, 0.3) is 0 Å². The SMILES string of the molecule is CNC(c1ccc(C)c(Br)c1)c1cc(C)c(F)cc1Cl. The third-order valence-electron chi connectivity index (χ3n) is 3.41. The second kappa shape index (κ2) is 6.25. The molecule has 0 aliphatic heterocycles. The number of nitrogens with one attached hydrogen (secondary N) is 1. The van der Waals surface area contributed by atoms with Gasteiger partial charge in [0.15, 0.2) is 0 Å². The van der Waals surface area contributed by atoms with Gasteiger partial charge in [-0.15, -0.1) is 0 Å². The molecule has 0 saturated carbocycles. The highest BCUT2D eigenvalue weighted by Crippen LogP contribution is 2.32. The van der Waals surface area contributed by atoms with Gasteiger partial charge in [-0.3, -0.25) is 0 Å². The fraction of sp³-hybridized carbons (Fsp3) is 0.250. The highest BCUT2D eigenvalue weighted by atomic mass is 79.9. The van der Waals surface area contributed by atoms with Crippen LogP contribution in [0.2, 0.25) is 5.02 Å². The highest BCUT2D eigenvalue weighted by Gasteiger charge is 2.17. The molecular formula is C16H16BrClFN. The lowest BCUT2D eigenvalue weighted by Crippen LogP contribution is -2.18. The Morgan fingerprint density at radius 1 is 1.15 bits per heavy atom. The van der Waals surface area contributed by atoms with Crippen molar-refractivity contribution in [2.24, 2.45) is 0 Å². The minimum Gasteiger partial charge on any atom is -0.309 e. The molecule has 4 heteroatoms. The van der Waals surface area contributed by atoms with E-state index in [1.165, 1.54) is 11.6 Å². The van der Waals surface area contributed by atoms with Gasteiger partial charge in [-0.05, 0) is 61.3 Å². The fourth-order valence-corrected chi connectivity index (χ4v) is 2.85. The molecule has 0 aliphatic rings. The second-order valence-corrected chi connectivity index (χ2v) is 6.11. The van der Waals surface area contributed by atoms with Crippen molar-refractivity contribution < 1.29 is 4.39 Å². The van der Waals surface area contributed by atoms with Gasteiger partial charge in [0, 0.05) is 9.50 Å². The van der Waals surface area contributed by atoms with Gasteiger partial charge in [-0.1, -0.05) is 39.7 Å². The smallest absolute Gasteiger partial charge is 0.127 e. The summed E-state index contributed by atoms with van der Waals surface area (Å²) >= 11 is 9.74. The van der Waals surface area contributed by atoms with Gasteiger partial charge in [0.05, 0.1) is 6.04 Å². The van der Waals surface area contributed by atoms with Crippen molar-refractivity contribution in [1.29, 1.82) is 0 Å². The van der Waals surface area contributed by atoms with Crippen molar-refractivity contribution in [2.75, 3.05) is 7.05 Å². The average Bonchev–Trinajstić information content (AvgIpc) is 2.40. The lowest BCUT2D eigenvalue weighted by Gasteiger charge is -2.20. The van der Waals surface area contributed by atoms with Crippen molar-refractivity contribution in [2.45, 2.75) is 19.9 Å². The Balaban J connectivity index is 2.52. The van der Waals surface area contributed by atoms with Crippen molar-refractivity contribution in [3.05, 3.63) is 67.9 Å². The number of hydrogen-bond acceptors (Lipinski definition) is 1. The number of rotatable bonds is 3. The first kappa shape index (κ1) is 15.5. The molecule has 106 valence electrons. The molecule has 0 amide bonds. The van der Waals surface area contributed by atoms with E-state index in [-0.39, 0.29) is 11.9 Å². The van der Waals surface area contributed by atoms with Crippen LogP contribution in [0.1, 0.15) is 28.3 Å². The molecule has 1 nitrogen and oxygen atoms in total. The summed E-state index contributed by atoms with van der Waals surface area (Å²) in [5.74, 6) is -0.279. The Hall–Kier alpha value is -0.900. The standard InChI is InChI=1S/C16H16BrClFN/c1-9-4-5-11(7-13(9)17)16(20-3)12-6-10(2)15(19)8-14(12)18/h4-8,16,20H,1-3H3. The molecule has 0 aliphatic carbocycles. The molecule has 0 radical (unpaired) electrons. The Labute approximate surface area is 132 Å². The topological polar surface area (TPSA) is 12.0 Å². The van der Waals surface area contributed by atoms with Gasteiger partial charge in [0.1, 0.15) is 5.82 Å². The predicted molar refractivity (Wildman–Crippen MR) is 85.9 cm³/mol. The van der Waals surface area contributed by atoms with Crippen molar-refractivity contribution in [3.8, 4) is 0 Å². The summed E-state index contributed by atoms with van der Waals surface area (Å²) in [6, 6.07) is 9.26. The zero-order chi connectivity index (χ0) is 14.9. The third kappa shape index (κ3) is 3.05. The zero-order valence-corrected chi connectivity index (χ0v) is 13.9. The molecule has 2 aromatic carbocycles. The van der Waals surface area contributed by atoms with E-state index in [2.05, 4.69) is 33.4 Å². The summed E-state index contributed by atoms with van der Waals surface area (Å²) in [6.07, 6.45) is 0. The minimum absolute atomic E-state index is 0.0706.